The van der Waals surface area contributed by atoms with Gasteiger partial charge in [0.05, 0.1) is 29.1 Å². The van der Waals surface area contributed by atoms with Crippen LogP contribution in [0.2, 0.25) is 0 Å². The van der Waals surface area contributed by atoms with E-state index in [9.17, 15) is 18.4 Å². The summed E-state index contributed by atoms with van der Waals surface area (Å²) in [6.45, 7) is 5.48. The van der Waals surface area contributed by atoms with Crippen molar-refractivity contribution in [2.24, 2.45) is 17.6 Å². The van der Waals surface area contributed by atoms with Gasteiger partial charge in [0, 0.05) is 23.4 Å². The van der Waals surface area contributed by atoms with Crippen molar-refractivity contribution in [1.82, 2.24) is 4.98 Å². The number of primary amides is 1. The number of carbonyl (C=O) groups excluding carboxylic acids is 2. The number of hydrogen-bond acceptors (Lipinski definition) is 5. The number of nitrogens with zero attached hydrogens (tertiary/aromatic N) is 2. The number of anilines is 2. The second kappa shape index (κ2) is 10.8. The molecule has 1 aliphatic carbocycles. The number of alkyl halides is 2. The number of fused-ring (bicyclic) bond motifs is 1. The van der Waals surface area contributed by atoms with E-state index >= 15 is 8.78 Å². The van der Waals surface area contributed by atoms with Crippen molar-refractivity contribution in [1.29, 1.82) is 5.41 Å². The monoisotopic (exact) mass is 581 g/mol. The first-order valence-electron chi connectivity index (χ1n) is 13.8. The number of halogens is 4. The lowest BCUT2D eigenvalue weighted by atomic mass is 9.89. The van der Waals surface area contributed by atoms with Gasteiger partial charge in [-0.2, -0.15) is 8.78 Å². The van der Waals surface area contributed by atoms with Crippen LogP contribution in [-0.2, 0) is 23.7 Å². The molecule has 0 saturated heterocycles. The molecule has 1 saturated carbocycles. The Kier molecular flexibility index (Phi) is 7.55. The molecule has 42 heavy (non-hydrogen) atoms. The molecule has 0 radical (unpaired) electrons. The summed E-state index contributed by atoms with van der Waals surface area (Å²) in [5.74, 6) is -7.66. The Bertz CT molecular complexity index is 1600. The van der Waals surface area contributed by atoms with Gasteiger partial charge in [-0.15, -0.1) is 0 Å². The molecule has 220 valence electrons. The third-order valence-corrected chi connectivity index (χ3v) is 7.75. The highest BCUT2D eigenvalue weighted by atomic mass is 19.3. The smallest absolute Gasteiger partial charge is 0.352 e. The van der Waals surface area contributed by atoms with Gasteiger partial charge in [-0.1, -0.05) is 26.0 Å². The van der Waals surface area contributed by atoms with Crippen molar-refractivity contribution in [3.8, 4) is 11.1 Å². The third kappa shape index (κ3) is 5.23. The number of nitrogens with two attached hydrogens (primary N) is 1. The van der Waals surface area contributed by atoms with Crippen LogP contribution < -0.4 is 16.0 Å². The van der Waals surface area contributed by atoms with E-state index in [1.165, 1.54) is 18.2 Å². The van der Waals surface area contributed by atoms with Crippen LogP contribution in [0.4, 0.5) is 29.1 Å². The van der Waals surface area contributed by atoms with Crippen molar-refractivity contribution in [2.75, 3.05) is 10.2 Å². The van der Waals surface area contributed by atoms with Gasteiger partial charge in [-0.25, -0.2) is 13.8 Å². The fraction of sp³-hybridized carbons (Fsp3) is 0.355. The van der Waals surface area contributed by atoms with E-state index in [1.807, 2.05) is 20.8 Å². The van der Waals surface area contributed by atoms with Crippen molar-refractivity contribution in [3.05, 3.63) is 76.0 Å². The minimum Gasteiger partial charge on any atom is -0.367 e. The summed E-state index contributed by atoms with van der Waals surface area (Å²) in [6, 6.07) is 6.90. The van der Waals surface area contributed by atoms with Crippen LogP contribution in [0.25, 0.3) is 11.1 Å². The van der Waals surface area contributed by atoms with E-state index < -0.39 is 41.5 Å². The van der Waals surface area contributed by atoms with Crippen LogP contribution in [0, 0.1) is 28.9 Å². The average molecular weight is 582 g/mol. The summed E-state index contributed by atoms with van der Waals surface area (Å²) >= 11 is 0. The zero-order valence-corrected chi connectivity index (χ0v) is 23.4. The van der Waals surface area contributed by atoms with Gasteiger partial charge in [-0.3, -0.25) is 9.59 Å². The minimum absolute atomic E-state index is 0.0260. The first-order valence-corrected chi connectivity index (χ1v) is 13.8. The summed E-state index contributed by atoms with van der Waals surface area (Å²) in [5, 5.41) is 11.6. The van der Waals surface area contributed by atoms with Gasteiger partial charge in [0.25, 0.3) is 5.91 Å². The van der Waals surface area contributed by atoms with Crippen LogP contribution in [0.3, 0.4) is 0 Å². The first kappa shape index (κ1) is 29.2. The summed E-state index contributed by atoms with van der Waals surface area (Å²) in [7, 11) is 0. The molecule has 2 heterocycles. The Morgan fingerprint density at radius 2 is 1.88 bits per heavy atom. The molecule has 0 bridgehead atoms. The van der Waals surface area contributed by atoms with Crippen LogP contribution in [-0.4, -0.2) is 29.1 Å². The molecule has 2 amide bonds. The number of benzene rings is 2. The zero-order valence-electron chi connectivity index (χ0n) is 23.4. The number of amides is 2. The van der Waals surface area contributed by atoms with Gasteiger partial charge in [-0.05, 0) is 73.4 Å². The van der Waals surface area contributed by atoms with E-state index in [-0.39, 0.29) is 45.5 Å². The third-order valence-electron chi connectivity index (χ3n) is 7.75. The lowest BCUT2D eigenvalue weighted by Crippen LogP contribution is -2.34. The van der Waals surface area contributed by atoms with Crippen LogP contribution in [0.15, 0.2) is 36.4 Å². The first-order chi connectivity index (χ1) is 19.8. The molecule has 1 aliphatic heterocycles. The standard InChI is InChI=1S/C31H31F4N5O2/c1-15(2)10-24-27(28(37)41)26(20(13-36)29(39-24)38-16(3)18-5-6-18)19-7-9-25-21(12-19)31(34,35)30(42)40(25)14-17-4-8-22(32)23(33)11-17/h4,7-9,11-13,15-16,18,36H,5-6,10,14H2,1-3H3,(H2,37,41)(H,38,39). The number of pyridine rings is 1. The highest BCUT2D eigenvalue weighted by Crippen LogP contribution is 2.47. The fourth-order valence-corrected chi connectivity index (χ4v) is 5.48. The van der Waals surface area contributed by atoms with Gasteiger partial charge >= 0.3 is 11.8 Å². The second-order valence-electron chi connectivity index (χ2n) is 11.4. The van der Waals surface area contributed by atoms with Gasteiger partial charge in [0.2, 0.25) is 0 Å². The Morgan fingerprint density at radius 3 is 2.48 bits per heavy atom. The molecule has 1 aromatic heterocycles. The maximum Gasteiger partial charge on any atom is 0.352 e. The van der Waals surface area contributed by atoms with E-state index in [1.54, 1.807) is 0 Å². The van der Waals surface area contributed by atoms with Gasteiger partial charge in [0.1, 0.15) is 5.82 Å². The molecule has 1 fully saturated rings. The van der Waals surface area contributed by atoms with Crippen molar-refractivity contribution in [2.45, 2.75) is 58.5 Å². The van der Waals surface area contributed by atoms with Crippen molar-refractivity contribution < 1.29 is 27.2 Å². The molecule has 1 unspecified atom stereocenters. The van der Waals surface area contributed by atoms with Crippen LogP contribution in [0.1, 0.15) is 66.4 Å². The number of aromatic nitrogens is 1. The Morgan fingerprint density at radius 1 is 1.17 bits per heavy atom. The van der Waals surface area contributed by atoms with Crippen molar-refractivity contribution >= 4 is 29.5 Å². The van der Waals surface area contributed by atoms with Crippen molar-refractivity contribution in [3.63, 3.8) is 0 Å². The molecule has 2 aromatic carbocycles. The maximum atomic E-state index is 15.5. The van der Waals surface area contributed by atoms with Gasteiger partial charge in [0.15, 0.2) is 11.6 Å². The Labute approximate surface area is 240 Å². The highest BCUT2D eigenvalue weighted by Gasteiger charge is 2.53. The van der Waals surface area contributed by atoms with Gasteiger partial charge < -0.3 is 21.4 Å². The number of nitrogens with one attached hydrogen (secondary N) is 2. The van der Waals surface area contributed by atoms with Crippen LogP contribution >= 0.6 is 0 Å². The molecule has 3 aromatic rings. The summed E-state index contributed by atoms with van der Waals surface area (Å²) in [4.78, 5) is 31.3. The van der Waals surface area contributed by atoms with E-state index in [2.05, 4.69) is 5.32 Å². The molecule has 4 N–H and O–H groups in total. The molecule has 2 aliphatic rings. The summed E-state index contributed by atoms with van der Waals surface area (Å²) < 4.78 is 58.2. The largest absolute Gasteiger partial charge is 0.367 e. The lowest BCUT2D eigenvalue weighted by molar-refractivity contribution is -0.141. The second-order valence-corrected chi connectivity index (χ2v) is 11.4. The quantitative estimate of drug-likeness (QED) is 0.196. The highest BCUT2D eigenvalue weighted by molar-refractivity contribution is 6.09. The average Bonchev–Trinajstić information content (AvgIpc) is 3.75. The predicted molar refractivity (Wildman–Crippen MR) is 152 cm³/mol. The fourth-order valence-electron chi connectivity index (χ4n) is 5.48. The van der Waals surface area contributed by atoms with E-state index in [4.69, 9.17) is 16.1 Å². The Balaban J connectivity index is 1.67. The molecular formula is C31H31F4N5O2. The molecular weight excluding hydrogens is 550 g/mol. The molecule has 0 spiro atoms. The minimum atomic E-state index is -3.93. The number of carbonyl (C=O) groups is 2. The zero-order chi connectivity index (χ0) is 30.5. The Hall–Kier alpha value is -4.28. The maximum absolute atomic E-state index is 15.5. The molecule has 1 atom stereocenters. The topological polar surface area (TPSA) is 112 Å². The number of rotatable bonds is 10. The summed E-state index contributed by atoms with van der Waals surface area (Å²) in [5.41, 5.74) is 6.22. The summed E-state index contributed by atoms with van der Waals surface area (Å²) in [6.07, 6.45) is 3.49. The number of hydrogen-bond donors (Lipinski definition) is 3. The normalized spacial score (nSPS) is 16.5. The SMILES string of the molecule is CC(C)Cc1nc(NC(C)C2CC2)c(C=N)c(-c2ccc3c(c2)C(F)(F)C(=O)N3Cc2ccc(F)c(F)c2)c1C(N)=O. The molecule has 7 nitrogen and oxygen atoms in total. The molecule has 5 rings (SSSR count). The van der Waals surface area contributed by atoms with E-state index in [0.29, 0.717) is 23.9 Å². The lowest BCUT2D eigenvalue weighted by Gasteiger charge is -2.23. The van der Waals surface area contributed by atoms with Crippen LogP contribution in [0.5, 0.6) is 0 Å². The predicted octanol–water partition coefficient (Wildman–Crippen LogP) is 6.17. The van der Waals surface area contributed by atoms with E-state index in [0.717, 1.165) is 42.2 Å². The molecule has 11 heteroatoms.